The summed E-state index contributed by atoms with van der Waals surface area (Å²) in [5.74, 6) is 1.90. The Kier molecular flexibility index (Phi) is 6.75. The number of nitrogens with one attached hydrogen (secondary N) is 3. The first-order chi connectivity index (χ1) is 18.1. The van der Waals surface area contributed by atoms with Crippen LogP contribution in [0.4, 0.5) is 34.9 Å². The molecule has 0 saturated heterocycles. The molecule has 0 radical (unpaired) electrons. The lowest BCUT2D eigenvalue weighted by molar-refractivity contribution is -0.384. The Balaban J connectivity index is 1.32. The van der Waals surface area contributed by atoms with Crippen LogP contribution >= 0.6 is 0 Å². The molecule has 3 N–H and O–H groups in total. The van der Waals surface area contributed by atoms with Crippen molar-refractivity contribution in [2.24, 2.45) is 5.10 Å². The van der Waals surface area contributed by atoms with Crippen molar-refractivity contribution in [2.45, 2.75) is 0 Å². The van der Waals surface area contributed by atoms with Gasteiger partial charge in [-0.1, -0.05) is 36.4 Å². The Hall–Kier alpha value is -5.58. The smallest absolute Gasteiger partial charge is 0.269 e. The molecule has 0 fully saturated rings. The predicted molar refractivity (Wildman–Crippen MR) is 141 cm³/mol. The number of hydrazone groups is 1. The number of benzene rings is 3. The Bertz CT molecular complexity index is 1460. The molecule has 3 aromatic carbocycles. The van der Waals surface area contributed by atoms with Crippen LogP contribution in [0.15, 0.2) is 107 Å². The lowest BCUT2D eigenvalue weighted by atomic mass is 10.1. The molecule has 5 rings (SSSR count). The van der Waals surface area contributed by atoms with Gasteiger partial charge >= 0.3 is 0 Å². The van der Waals surface area contributed by atoms with E-state index in [1.807, 2.05) is 60.7 Å². The molecule has 2 heterocycles. The van der Waals surface area contributed by atoms with E-state index in [2.05, 4.69) is 36.1 Å². The fraction of sp³-hybridized carbons (Fsp3) is 0. The molecule has 0 aliphatic heterocycles. The van der Waals surface area contributed by atoms with Crippen LogP contribution in [-0.4, -0.2) is 26.1 Å². The summed E-state index contributed by atoms with van der Waals surface area (Å²) in [5, 5.41) is 21.3. The molecule has 2 aromatic heterocycles. The van der Waals surface area contributed by atoms with E-state index in [1.165, 1.54) is 18.3 Å². The second-order valence-corrected chi connectivity index (χ2v) is 7.66. The van der Waals surface area contributed by atoms with Crippen molar-refractivity contribution < 1.29 is 9.34 Å². The van der Waals surface area contributed by atoms with Gasteiger partial charge < -0.3 is 15.1 Å². The highest BCUT2D eigenvalue weighted by Crippen LogP contribution is 2.24. The van der Waals surface area contributed by atoms with Gasteiger partial charge in [0.15, 0.2) is 0 Å². The Morgan fingerprint density at radius 3 is 1.86 bits per heavy atom. The second kappa shape index (κ2) is 10.8. The van der Waals surface area contributed by atoms with Crippen molar-refractivity contribution in [3.05, 3.63) is 113 Å². The van der Waals surface area contributed by atoms with Gasteiger partial charge in [0.25, 0.3) is 5.69 Å². The second-order valence-electron chi connectivity index (χ2n) is 7.66. The average Bonchev–Trinajstić information content (AvgIpc) is 3.39. The lowest BCUT2D eigenvalue weighted by Gasteiger charge is -2.10. The minimum absolute atomic E-state index is 0.0147. The summed E-state index contributed by atoms with van der Waals surface area (Å²) in [6, 6.07) is 28.7. The van der Waals surface area contributed by atoms with E-state index in [-0.39, 0.29) is 11.6 Å². The number of aromatic nitrogens is 3. The van der Waals surface area contributed by atoms with Crippen LogP contribution in [0.5, 0.6) is 0 Å². The summed E-state index contributed by atoms with van der Waals surface area (Å²) in [6.45, 7) is 0. The molecule has 0 unspecified atom stereocenters. The summed E-state index contributed by atoms with van der Waals surface area (Å²) in [5.41, 5.74) is 5.18. The first kappa shape index (κ1) is 23.2. The van der Waals surface area contributed by atoms with E-state index >= 15 is 0 Å². The first-order valence-corrected chi connectivity index (χ1v) is 11.2. The van der Waals surface area contributed by atoms with Crippen LogP contribution in [0, 0.1) is 10.1 Å². The van der Waals surface area contributed by atoms with Crippen molar-refractivity contribution in [1.29, 1.82) is 0 Å². The highest BCUT2D eigenvalue weighted by atomic mass is 16.6. The molecule has 0 amide bonds. The highest BCUT2D eigenvalue weighted by molar-refractivity contribution is 5.78. The van der Waals surface area contributed by atoms with Crippen LogP contribution < -0.4 is 16.1 Å². The van der Waals surface area contributed by atoms with Crippen LogP contribution in [0.3, 0.4) is 0 Å². The molecule has 0 bridgehead atoms. The number of hydrogen-bond acceptors (Lipinski definition) is 10. The summed E-state index contributed by atoms with van der Waals surface area (Å²) in [6.07, 6.45) is 1.48. The van der Waals surface area contributed by atoms with Gasteiger partial charge in [-0.05, 0) is 48.5 Å². The number of anilines is 5. The molecule has 37 heavy (non-hydrogen) atoms. The number of furan rings is 1. The zero-order valence-corrected chi connectivity index (χ0v) is 19.3. The zero-order chi connectivity index (χ0) is 25.5. The van der Waals surface area contributed by atoms with E-state index in [0.29, 0.717) is 29.0 Å². The van der Waals surface area contributed by atoms with Gasteiger partial charge in [-0.2, -0.15) is 20.1 Å². The molecule has 0 atom stereocenters. The van der Waals surface area contributed by atoms with Crippen molar-refractivity contribution in [3.63, 3.8) is 0 Å². The van der Waals surface area contributed by atoms with E-state index in [1.54, 1.807) is 24.3 Å². The third-order valence-electron chi connectivity index (χ3n) is 5.04. The van der Waals surface area contributed by atoms with Gasteiger partial charge in [-0.25, -0.2) is 5.43 Å². The van der Waals surface area contributed by atoms with Crippen molar-refractivity contribution in [3.8, 4) is 11.3 Å². The average molecular weight is 492 g/mol. The number of nitro benzene ring substituents is 1. The lowest BCUT2D eigenvalue weighted by Crippen LogP contribution is -2.07. The summed E-state index contributed by atoms with van der Waals surface area (Å²) >= 11 is 0. The van der Waals surface area contributed by atoms with E-state index in [4.69, 9.17) is 4.42 Å². The number of rotatable bonds is 9. The van der Waals surface area contributed by atoms with Gasteiger partial charge in [-0.3, -0.25) is 10.1 Å². The fourth-order valence-corrected chi connectivity index (χ4v) is 3.32. The minimum Gasteiger partial charge on any atom is -0.455 e. The molecule has 182 valence electrons. The summed E-state index contributed by atoms with van der Waals surface area (Å²) in [7, 11) is 0. The van der Waals surface area contributed by atoms with E-state index in [0.717, 1.165) is 11.4 Å². The molecule has 11 nitrogen and oxygen atoms in total. The molecule has 5 aromatic rings. The standard InChI is InChI=1S/C26H20N8O3/c35-34(36)21-13-11-18(12-14-21)23-16-15-22(37-23)17-27-33-26-31-24(28-19-7-3-1-4-8-19)30-25(32-26)29-20-9-5-2-6-10-20/h1-17H,(H3,28,29,30,31,32,33)/b27-17+. The largest absolute Gasteiger partial charge is 0.455 e. The normalized spacial score (nSPS) is 10.8. The summed E-state index contributed by atoms with van der Waals surface area (Å²) < 4.78 is 5.78. The van der Waals surface area contributed by atoms with Crippen LogP contribution in [0.25, 0.3) is 11.3 Å². The predicted octanol–water partition coefficient (Wildman–Crippen LogP) is 5.97. The topological polar surface area (TPSA) is 143 Å². The SMILES string of the molecule is O=[N+]([O-])c1ccc(-c2ccc(/C=N/Nc3nc(Nc4ccccc4)nc(Nc4ccccc4)n3)o2)cc1. The summed E-state index contributed by atoms with van der Waals surface area (Å²) in [4.78, 5) is 23.6. The third-order valence-corrected chi connectivity index (χ3v) is 5.04. The van der Waals surface area contributed by atoms with E-state index in [9.17, 15) is 10.1 Å². The molecule has 0 saturated carbocycles. The number of non-ortho nitro benzene ring substituents is 1. The molecule has 0 aliphatic carbocycles. The molecule has 11 heteroatoms. The maximum atomic E-state index is 10.8. The quantitative estimate of drug-likeness (QED) is 0.129. The van der Waals surface area contributed by atoms with Gasteiger partial charge in [0.1, 0.15) is 11.5 Å². The van der Waals surface area contributed by atoms with Crippen molar-refractivity contribution in [1.82, 2.24) is 15.0 Å². The molecular formula is C26H20N8O3. The van der Waals surface area contributed by atoms with Crippen LogP contribution in [0.1, 0.15) is 5.76 Å². The maximum Gasteiger partial charge on any atom is 0.269 e. The third kappa shape index (κ3) is 6.11. The number of hydrogen-bond donors (Lipinski definition) is 3. The van der Waals surface area contributed by atoms with Gasteiger partial charge in [0, 0.05) is 29.1 Å². The molecular weight excluding hydrogens is 472 g/mol. The van der Waals surface area contributed by atoms with Crippen LogP contribution in [0.2, 0.25) is 0 Å². The maximum absolute atomic E-state index is 10.8. The van der Waals surface area contributed by atoms with Gasteiger partial charge in [0.05, 0.1) is 11.1 Å². The molecule has 0 aliphatic rings. The van der Waals surface area contributed by atoms with Gasteiger partial charge in [-0.15, -0.1) is 0 Å². The zero-order valence-electron chi connectivity index (χ0n) is 19.3. The first-order valence-electron chi connectivity index (χ1n) is 11.2. The monoisotopic (exact) mass is 492 g/mol. The Labute approximate surface area is 211 Å². The Morgan fingerprint density at radius 1 is 0.730 bits per heavy atom. The van der Waals surface area contributed by atoms with Gasteiger partial charge in [0.2, 0.25) is 17.8 Å². The fourth-order valence-electron chi connectivity index (χ4n) is 3.32. The molecule has 0 spiro atoms. The van der Waals surface area contributed by atoms with Crippen LogP contribution in [-0.2, 0) is 0 Å². The van der Waals surface area contributed by atoms with Crippen molar-refractivity contribution >= 4 is 41.1 Å². The number of nitro groups is 1. The highest BCUT2D eigenvalue weighted by Gasteiger charge is 2.09. The minimum atomic E-state index is -0.446. The number of para-hydroxylation sites is 2. The van der Waals surface area contributed by atoms with Crippen molar-refractivity contribution in [2.75, 3.05) is 16.1 Å². The number of nitrogens with zero attached hydrogens (tertiary/aromatic N) is 5. The van der Waals surface area contributed by atoms with E-state index < -0.39 is 4.92 Å². The Morgan fingerprint density at radius 2 is 1.30 bits per heavy atom.